The summed E-state index contributed by atoms with van der Waals surface area (Å²) >= 11 is 4.12. The maximum Gasteiger partial charge on any atom is 0.352 e. The molecule has 0 saturated carbocycles. The van der Waals surface area contributed by atoms with Gasteiger partial charge < -0.3 is 9.67 Å². The molecule has 82 valence electrons. The van der Waals surface area contributed by atoms with Crippen molar-refractivity contribution >= 4 is 40.3 Å². The van der Waals surface area contributed by atoms with Crippen LogP contribution in [0.25, 0.3) is 0 Å². The summed E-state index contributed by atoms with van der Waals surface area (Å²) in [6, 6.07) is 2.12. The van der Waals surface area contributed by atoms with Gasteiger partial charge in [0.25, 0.3) is 0 Å². The molecule has 0 bridgehead atoms. The molecular formula is C10H12INO2S. The minimum atomic E-state index is -0.823. The van der Waals surface area contributed by atoms with Crippen LogP contribution < -0.4 is 0 Å². The number of hydrogen-bond donors (Lipinski definition) is 1. The number of hydrogen-bond acceptors (Lipinski definition) is 2. The van der Waals surface area contributed by atoms with E-state index in [1.54, 1.807) is 6.07 Å². The fourth-order valence-electron chi connectivity index (χ4n) is 1.88. The molecule has 15 heavy (non-hydrogen) atoms. The molecule has 1 aromatic rings. The smallest absolute Gasteiger partial charge is 0.352 e. The lowest BCUT2D eigenvalue weighted by Gasteiger charge is -2.24. The third-order valence-corrected chi connectivity index (χ3v) is 4.26. The highest BCUT2D eigenvalue weighted by atomic mass is 127. The molecule has 0 spiro atoms. The summed E-state index contributed by atoms with van der Waals surface area (Å²) in [7, 11) is 0. The molecule has 5 heteroatoms. The van der Waals surface area contributed by atoms with E-state index in [4.69, 9.17) is 5.11 Å². The first-order chi connectivity index (χ1) is 7.18. The van der Waals surface area contributed by atoms with Crippen LogP contribution in [0.15, 0.2) is 12.3 Å². The summed E-state index contributed by atoms with van der Waals surface area (Å²) in [4.78, 5) is 11.0. The second kappa shape index (κ2) is 4.78. The minimum absolute atomic E-state index is 0.376. The van der Waals surface area contributed by atoms with Crippen LogP contribution in [0, 0.1) is 3.57 Å². The predicted molar refractivity (Wildman–Crippen MR) is 69.7 cm³/mol. The molecule has 2 rings (SSSR count). The Bertz CT molecular complexity index is 371. The van der Waals surface area contributed by atoms with Crippen molar-refractivity contribution in [2.75, 3.05) is 11.5 Å². The Balaban J connectivity index is 2.28. The van der Waals surface area contributed by atoms with Gasteiger partial charge in [-0.1, -0.05) is 0 Å². The summed E-state index contributed by atoms with van der Waals surface area (Å²) in [6.45, 7) is 0. The van der Waals surface area contributed by atoms with Gasteiger partial charge in [0.2, 0.25) is 0 Å². The van der Waals surface area contributed by atoms with Gasteiger partial charge >= 0.3 is 5.97 Å². The third kappa shape index (κ3) is 2.50. The zero-order valence-corrected chi connectivity index (χ0v) is 11.1. The summed E-state index contributed by atoms with van der Waals surface area (Å²) in [5, 5.41) is 9.08. The number of rotatable bonds is 2. The number of aromatic nitrogens is 1. The summed E-state index contributed by atoms with van der Waals surface area (Å²) < 4.78 is 2.94. The molecule has 1 fully saturated rings. The van der Waals surface area contributed by atoms with E-state index in [0.717, 1.165) is 27.9 Å². The van der Waals surface area contributed by atoms with Crippen LogP contribution in [0.4, 0.5) is 0 Å². The summed E-state index contributed by atoms with van der Waals surface area (Å²) in [6.07, 6.45) is 4.11. The normalized spacial score (nSPS) is 17.9. The Kier molecular flexibility index (Phi) is 3.60. The van der Waals surface area contributed by atoms with Crippen LogP contribution in [0.5, 0.6) is 0 Å². The molecule has 1 N–H and O–H groups in total. The number of carboxylic acid groups (broad SMARTS) is 1. The first-order valence-corrected chi connectivity index (χ1v) is 7.10. The Labute approximate surface area is 106 Å². The molecule has 0 unspecified atom stereocenters. The Hall–Kier alpha value is -0.170. The summed E-state index contributed by atoms with van der Waals surface area (Å²) in [5.41, 5.74) is 0.427. The van der Waals surface area contributed by atoms with Crippen LogP contribution >= 0.6 is 34.4 Å². The van der Waals surface area contributed by atoms with Gasteiger partial charge in [0.05, 0.1) is 0 Å². The van der Waals surface area contributed by atoms with Crippen molar-refractivity contribution in [1.82, 2.24) is 4.57 Å². The SMILES string of the molecule is O=C(O)c1cc(I)cn1C1CCSCC1. The van der Waals surface area contributed by atoms with E-state index in [2.05, 4.69) is 22.6 Å². The highest BCUT2D eigenvalue weighted by molar-refractivity contribution is 14.1. The van der Waals surface area contributed by atoms with E-state index in [1.807, 2.05) is 22.5 Å². The van der Waals surface area contributed by atoms with E-state index in [1.165, 1.54) is 0 Å². The van der Waals surface area contributed by atoms with E-state index < -0.39 is 5.97 Å². The Morgan fingerprint density at radius 2 is 2.20 bits per heavy atom. The molecule has 1 aliphatic heterocycles. The Morgan fingerprint density at radius 3 is 2.80 bits per heavy atom. The number of carbonyl (C=O) groups is 1. The quantitative estimate of drug-likeness (QED) is 0.844. The zero-order chi connectivity index (χ0) is 10.8. The fourth-order valence-corrected chi connectivity index (χ4v) is 3.56. The predicted octanol–water partition coefficient (Wildman–Crippen LogP) is 2.86. The lowest BCUT2D eigenvalue weighted by Crippen LogP contribution is -2.18. The van der Waals surface area contributed by atoms with Gasteiger partial charge in [0, 0.05) is 15.8 Å². The molecule has 0 atom stereocenters. The lowest BCUT2D eigenvalue weighted by atomic mass is 10.1. The van der Waals surface area contributed by atoms with Crippen molar-refractivity contribution in [2.24, 2.45) is 0 Å². The molecule has 0 aliphatic carbocycles. The average molecular weight is 337 g/mol. The fraction of sp³-hybridized carbons (Fsp3) is 0.500. The first-order valence-electron chi connectivity index (χ1n) is 4.87. The van der Waals surface area contributed by atoms with Crippen LogP contribution in [-0.4, -0.2) is 27.1 Å². The van der Waals surface area contributed by atoms with Gasteiger partial charge in [-0.05, 0) is 53.0 Å². The molecule has 1 aliphatic rings. The number of thioether (sulfide) groups is 1. The second-order valence-electron chi connectivity index (χ2n) is 3.60. The number of aromatic carboxylic acids is 1. The van der Waals surface area contributed by atoms with Crippen LogP contribution in [0.2, 0.25) is 0 Å². The highest BCUT2D eigenvalue weighted by Crippen LogP contribution is 2.29. The average Bonchev–Trinajstić information content (AvgIpc) is 2.62. The maximum atomic E-state index is 11.0. The van der Waals surface area contributed by atoms with Crippen molar-refractivity contribution < 1.29 is 9.90 Å². The molecule has 0 amide bonds. The van der Waals surface area contributed by atoms with Gasteiger partial charge in [-0.15, -0.1) is 0 Å². The molecule has 1 saturated heterocycles. The highest BCUT2D eigenvalue weighted by Gasteiger charge is 2.21. The molecule has 0 aromatic carbocycles. The van der Waals surface area contributed by atoms with Crippen molar-refractivity contribution in [3.05, 3.63) is 21.5 Å². The lowest BCUT2D eigenvalue weighted by molar-refractivity contribution is 0.0682. The topological polar surface area (TPSA) is 42.2 Å². The molecule has 1 aromatic heterocycles. The van der Waals surface area contributed by atoms with Gasteiger partial charge in [0.1, 0.15) is 5.69 Å². The van der Waals surface area contributed by atoms with E-state index in [-0.39, 0.29) is 0 Å². The van der Waals surface area contributed by atoms with Crippen LogP contribution in [-0.2, 0) is 0 Å². The van der Waals surface area contributed by atoms with Crippen molar-refractivity contribution in [1.29, 1.82) is 0 Å². The number of halogens is 1. The van der Waals surface area contributed by atoms with Gasteiger partial charge in [-0.2, -0.15) is 11.8 Å². The van der Waals surface area contributed by atoms with Gasteiger partial charge in [-0.3, -0.25) is 0 Å². The molecule has 3 nitrogen and oxygen atoms in total. The van der Waals surface area contributed by atoms with Crippen LogP contribution in [0.1, 0.15) is 29.4 Å². The van der Waals surface area contributed by atoms with Crippen LogP contribution in [0.3, 0.4) is 0 Å². The molecule has 0 radical (unpaired) electrons. The largest absolute Gasteiger partial charge is 0.477 e. The van der Waals surface area contributed by atoms with E-state index >= 15 is 0 Å². The standard InChI is InChI=1S/C10H12INO2S/c11-7-5-9(10(13)14)12(6-7)8-1-3-15-4-2-8/h5-6,8H,1-4H2,(H,13,14). The molecule has 2 heterocycles. The maximum absolute atomic E-state index is 11.0. The monoisotopic (exact) mass is 337 g/mol. The van der Waals surface area contributed by atoms with Crippen molar-refractivity contribution in [3.8, 4) is 0 Å². The van der Waals surface area contributed by atoms with E-state index in [9.17, 15) is 4.79 Å². The van der Waals surface area contributed by atoms with Crippen molar-refractivity contribution in [3.63, 3.8) is 0 Å². The second-order valence-corrected chi connectivity index (χ2v) is 6.07. The summed E-state index contributed by atoms with van der Waals surface area (Å²) in [5.74, 6) is 1.45. The third-order valence-electron chi connectivity index (χ3n) is 2.62. The Morgan fingerprint density at radius 1 is 1.53 bits per heavy atom. The molecular weight excluding hydrogens is 325 g/mol. The van der Waals surface area contributed by atoms with Gasteiger partial charge in [-0.25, -0.2) is 4.79 Å². The first kappa shape index (κ1) is 11.3. The van der Waals surface area contributed by atoms with Crippen molar-refractivity contribution in [2.45, 2.75) is 18.9 Å². The number of nitrogens with zero attached hydrogens (tertiary/aromatic N) is 1. The number of carboxylic acids is 1. The van der Waals surface area contributed by atoms with E-state index in [0.29, 0.717) is 11.7 Å². The minimum Gasteiger partial charge on any atom is -0.477 e. The zero-order valence-electron chi connectivity index (χ0n) is 8.15. The van der Waals surface area contributed by atoms with Gasteiger partial charge in [0.15, 0.2) is 0 Å².